The zero-order chi connectivity index (χ0) is 25.2. The molecule has 9 heteroatoms. The van der Waals surface area contributed by atoms with E-state index in [2.05, 4.69) is 32.1 Å². The van der Waals surface area contributed by atoms with E-state index in [1.54, 1.807) is 30.8 Å². The first-order valence-corrected chi connectivity index (χ1v) is 11.6. The molecule has 184 valence electrons. The van der Waals surface area contributed by atoms with Crippen molar-refractivity contribution in [3.63, 3.8) is 0 Å². The number of anilines is 2. The number of carbonyl (C=O) groups is 2. The maximum atomic E-state index is 13.1. The van der Waals surface area contributed by atoms with Crippen LogP contribution in [-0.4, -0.2) is 46.7 Å². The van der Waals surface area contributed by atoms with Gasteiger partial charge < -0.3 is 24.7 Å². The van der Waals surface area contributed by atoms with Crippen LogP contribution in [0.4, 0.5) is 16.2 Å². The number of carbonyl (C=O) groups excluding carboxylic acids is 2. The van der Waals surface area contributed by atoms with Gasteiger partial charge in [-0.2, -0.15) is 0 Å². The highest BCUT2D eigenvalue weighted by atomic mass is 16.6. The highest BCUT2D eigenvalue weighted by molar-refractivity contribution is 6.05. The van der Waals surface area contributed by atoms with Crippen molar-refractivity contribution in [3.8, 4) is 0 Å². The van der Waals surface area contributed by atoms with Crippen LogP contribution in [0, 0.1) is 0 Å². The second-order valence-electron chi connectivity index (χ2n) is 9.75. The lowest BCUT2D eigenvalue weighted by atomic mass is 10.0. The Morgan fingerprint density at radius 2 is 2.06 bits per heavy atom. The topological polar surface area (TPSA) is 110 Å². The molecule has 9 nitrogen and oxygen atoms in total. The molecule has 0 aromatic carbocycles. The van der Waals surface area contributed by atoms with Crippen molar-refractivity contribution >= 4 is 40.0 Å². The Morgan fingerprint density at radius 3 is 2.80 bits per heavy atom. The molecule has 0 aliphatic carbocycles. The number of aromatic nitrogens is 2. The van der Waals surface area contributed by atoms with E-state index in [4.69, 9.17) is 9.15 Å². The number of amides is 2. The lowest BCUT2D eigenvalue weighted by Crippen LogP contribution is -2.49. The van der Waals surface area contributed by atoms with Crippen LogP contribution in [0.25, 0.3) is 16.7 Å². The summed E-state index contributed by atoms with van der Waals surface area (Å²) in [5.41, 5.74) is 3.89. The fourth-order valence-corrected chi connectivity index (χ4v) is 4.08. The van der Waals surface area contributed by atoms with Crippen molar-refractivity contribution in [1.29, 1.82) is 0 Å². The highest BCUT2D eigenvalue weighted by Gasteiger charge is 2.26. The number of pyridine rings is 2. The first-order valence-electron chi connectivity index (χ1n) is 11.6. The Balaban J connectivity index is 1.50. The average molecular weight is 478 g/mol. The van der Waals surface area contributed by atoms with Crippen LogP contribution in [0.3, 0.4) is 0 Å². The molecule has 1 atom stereocenters. The second-order valence-corrected chi connectivity index (χ2v) is 9.75. The van der Waals surface area contributed by atoms with E-state index in [9.17, 15) is 9.59 Å². The van der Waals surface area contributed by atoms with Crippen LogP contribution in [0.1, 0.15) is 56.6 Å². The molecule has 0 saturated carbocycles. The van der Waals surface area contributed by atoms with E-state index in [1.165, 1.54) is 0 Å². The number of alkyl carbamates (subject to hydrolysis) is 1. The van der Waals surface area contributed by atoms with Crippen LogP contribution in [0.5, 0.6) is 0 Å². The fourth-order valence-electron chi connectivity index (χ4n) is 4.08. The number of fused-ring (bicyclic) bond motifs is 1. The van der Waals surface area contributed by atoms with Crippen LogP contribution in [-0.2, 0) is 4.74 Å². The number of ether oxygens (including phenoxy) is 1. The Bertz CT molecular complexity index is 1260. The molecule has 1 aliphatic rings. The molecular formula is C26H31N5O4. The highest BCUT2D eigenvalue weighted by Crippen LogP contribution is 2.29. The van der Waals surface area contributed by atoms with E-state index in [0.717, 1.165) is 36.2 Å². The zero-order valence-electron chi connectivity index (χ0n) is 20.6. The van der Waals surface area contributed by atoms with E-state index in [1.807, 2.05) is 33.8 Å². The van der Waals surface area contributed by atoms with E-state index >= 15 is 0 Å². The lowest BCUT2D eigenvalue weighted by molar-refractivity contribution is 0.0500. The Hall–Kier alpha value is -3.88. The third kappa shape index (κ3) is 5.79. The van der Waals surface area contributed by atoms with Gasteiger partial charge in [0.2, 0.25) is 0 Å². The van der Waals surface area contributed by atoms with E-state index in [-0.39, 0.29) is 17.6 Å². The van der Waals surface area contributed by atoms with Crippen LogP contribution < -0.4 is 15.5 Å². The largest absolute Gasteiger partial charge is 0.462 e. The summed E-state index contributed by atoms with van der Waals surface area (Å²) in [7, 11) is 0. The summed E-state index contributed by atoms with van der Waals surface area (Å²) >= 11 is 0. The SMILES string of the molecule is C=C(C)c1coc2ccc(C(=O)Nc3cnccc3N3CCC[C@H](NC(=O)OC(C)(C)C)C3)nc12. The number of hydrogen-bond donors (Lipinski definition) is 2. The molecule has 0 unspecified atom stereocenters. The van der Waals surface area contributed by atoms with Gasteiger partial charge in [-0.15, -0.1) is 0 Å². The average Bonchev–Trinajstić information content (AvgIpc) is 3.22. The molecule has 1 aliphatic heterocycles. The number of hydrogen-bond acceptors (Lipinski definition) is 7. The molecule has 35 heavy (non-hydrogen) atoms. The molecule has 1 saturated heterocycles. The summed E-state index contributed by atoms with van der Waals surface area (Å²) < 4.78 is 10.9. The molecule has 3 aromatic heterocycles. The van der Waals surface area contributed by atoms with Gasteiger partial charge in [0.05, 0.1) is 17.6 Å². The smallest absolute Gasteiger partial charge is 0.407 e. The molecule has 3 aromatic rings. The fraction of sp³-hybridized carbons (Fsp3) is 0.385. The second kappa shape index (κ2) is 9.77. The van der Waals surface area contributed by atoms with Crippen molar-refractivity contribution < 1.29 is 18.7 Å². The number of piperidine rings is 1. The summed E-state index contributed by atoms with van der Waals surface area (Å²) in [4.78, 5) is 36.2. The Morgan fingerprint density at radius 1 is 1.26 bits per heavy atom. The molecule has 0 spiro atoms. The van der Waals surface area contributed by atoms with Gasteiger partial charge in [-0.1, -0.05) is 6.58 Å². The van der Waals surface area contributed by atoms with Crippen molar-refractivity contribution in [1.82, 2.24) is 15.3 Å². The van der Waals surface area contributed by atoms with Crippen molar-refractivity contribution in [2.24, 2.45) is 0 Å². The maximum Gasteiger partial charge on any atom is 0.407 e. The number of furan rings is 1. The number of rotatable bonds is 5. The quantitative estimate of drug-likeness (QED) is 0.532. The molecule has 1 fully saturated rings. The summed E-state index contributed by atoms with van der Waals surface area (Å²) in [6.45, 7) is 12.7. The van der Waals surface area contributed by atoms with Gasteiger partial charge in [-0.3, -0.25) is 9.78 Å². The van der Waals surface area contributed by atoms with E-state index in [0.29, 0.717) is 23.3 Å². The van der Waals surface area contributed by atoms with Crippen LogP contribution >= 0.6 is 0 Å². The molecule has 2 N–H and O–H groups in total. The summed E-state index contributed by atoms with van der Waals surface area (Å²) in [6, 6.07) is 5.14. The van der Waals surface area contributed by atoms with Crippen LogP contribution in [0.2, 0.25) is 0 Å². The third-order valence-corrected chi connectivity index (χ3v) is 5.64. The maximum absolute atomic E-state index is 13.1. The molecule has 4 heterocycles. The molecule has 2 amide bonds. The minimum Gasteiger partial charge on any atom is -0.462 e. The predicted molar refractivity (Wildman–Crippen MR) is 136 cm³/mol. The number of nitrogens with zero attached hydrogens (tertiary/aromatic N) is 3. The minimum atomic E-state index is -0.556. The first kappa shape index (κ1) is 24.3. The van der Waals surface area contributed by atoms with Gasteiger partial charge in [0.1, 0.15) is 23.1 Å². The summed E-state index contributed by atoms with van der Waals surface area (Å²) in [5, 5.41) is 5.90. The van der Waals surface area contributed by atoms with Crippen LogP contribution in [0.15, 0.2) is 47.9 Å². The van der Waals surface area contributed by atoms with E-state index < -0.39 is 11.7 Å². The monoisotopic (exact) mass is 477 g/mol. The van der Waals surface area contributed by atoms with Gasteiger partial charge in [-0.05, 0) is 64.3 Å². The van der Waals surface area contributed by atoms with Crippen molar-refractivity contribution in [2.75, 3.05) is 23.3 Å². The molecular weight excluding hydrogens is 446 g/mol. The van der Waals surface area contributed by atoms with Crippen molar-refractivity contribution in [3.05, 3.63) is 54.7 Å². The van der Waals surface area contributed by atoms with Gasteiger partial charge in [0.15, 0.2) is 5.58 Å². The Labute approximate surface area is 204 Å². The predicted octanol–water partition coefficient (Wildman–Crippen LogP) is 5.00. The standard InChI is InChI=1S/C26H31N5O4/c1-16(2)18-15-34-22-9-8-19(29-23(18)22)24(32)30-20-13-27-11-10-21(20)31-12-6-7-17(14-31)28-25(33)35-26(3,4)5/h8-11,13,15,17H,1,6-7,12,14H2,2-5H3,(H,28,33)(H,30,32)/t17-/m0/s1. The molecule has 0 radical (unpaired) electrons. The third-order valence-electron chi connectivity index (χ3n) is 5.64. The summed E-state index contributed by atoms with van der Waals surface area (Å²) in [6.07, 6.45) is 6.21. The van der Waals surface area contributed by atoms with Gasteiger partial charge in [-0.25, -0.2) is 9.78 Å². The molecule has 0 bridgehead atoms. The Kier molecular flexibility index (Phi) is 6.77. The first-order chi connectivity index (χ1) is 16.6. The van der Waals surface area contributed by atoms with Gasteiger partial charge in [0, 0.05) is 30.9 Å². The van der Waals surface area contributed by atoms with Gasteiger partial charge in [0.25, 0.3) is 5.91 Å². The van der Waals surface area contributed by atoms with Gasteiger partial charge >= 0.3 is 6.09 Å². The number of allylic oxidation sites excluding steroid dienone is 1. The zero-order valence-corrected chi connectivity index (χ0v) is 20.6. The summed E-state index contributed by atoms with van der Waals surface area (Å²) in [5.74, 6) is -0.351. The molecule has 4 rings (SSSR count). The number of nitrogens with one attached hydrogen (secondary N) is 2. The van der Waals surface area contributed by atoms with Crippen molar-refractivity contribution in [2.45, 2.75) is 52.2 Å². The normalized spacial score (nSPS) is 16.1. The minimum absolute atomic E-state index is 0.0685. The lowest BCUT2D eigenvalue weighted by Gasteiger charge is -2.35.